The molecule has 2 aromatic rings. The van der Waals surface area contributed by atoms with Gasteiger partial charge in [-0.2, -0.15) is 0 Å². The van der Waals surface area contributed by atoms with E-state index in [-0.39, 0.29) is 12.5 Å². The van der Waals surface area contributed by atoms with Gasteiger partial charge in [0, 0.05) is 13.1 Å². The van der Waals surface area contributed by atoms with Crippen LogP contribution in [-0.2, 0) is 27.3 Å². The van der Waals surface area contributed by atoms with Gasteiger partial charge >= 0.3 is 5.97 Å². The van der Waals surface area contributed by atoms with E-state index in [0.717, 1.165) is 17.5 Å². The lowest BCUT2D eigenvalue weighted by Gasteiger charge is -2.30. The van der Waals surface area contributed by atoms with Crippen LogP contribution in [0.15, 0.2) is 48.5 Å². The molecule has 1 aliphatic heterocycles. The number of ether oxygens (including phenoxy) is 3. The van der Waals surface area contributed by atoms with Crippen molar-refractivity contribution in [3.63, 3.8) is 0 Å². The lowest BCUT2D eigenvalue weighted by atomic mass is 9.99. The predicted molar refractivity (Wildman–Crippen MR) is 114 cm³/mol. The second-order valence-corrected chi connectivity index (χ2v) is 7.11. The Kier molecular flexibility index (Phi) is 7.12. The minimum atomic E-state index is -0.870. The number of hydrogen-bond donors (Lipinski definition) is 0. The average Bonchev–Trinajstić information content (AvgIpc) is 2.77. The van der Waals surface area contributed by atoms with Gasteiger partial charge in [0.2, 0.25) is 0 Å². The Labute approximate surface area is 177 Å². The molecule has 6 heteroatoms. The van der Waals surface area contributed by atoms with Gasteiger partial charge in [0.1, 0.15) is 0 Å². The SMILES string of the molecule is C/C=C/c1ccc(OCC(=O)O[C@@H](C)C(=O)N2CCc3ccccc3C2)c(OC)c1. The molecule has 0 saturated heterocycles. The van der Waals surface area contributed by atoms with Crippen LogP contribution in [0.25, 0.3) is 6.08 Å². The third kappa shape index (κ3) is 5.20. The Bertz CT molecular complexity index is 937. The van der Waals surface area contributed by atoms with Crippen LogP contribution in [-0.4, -0.2) is 43.1 Å². The summed E-state index contributed by atoms with van der Waals surface area (Å²) in [5.74, 6) is 0.155. The zero-order chi connectivity index (χ0) is 21.5. The highest BCUT2D eigenvalue weighted by molar-refractivity contribution is 5.84. The van der Waals surface area contributed by atoms with Gasteiger partial charge in [-0.1, -0.05) is 42.5 Å². The molecule has 0 saturated carbocycles. The van der Waals surface area contributed by atoms with Crippen LogP contribution in [0.1, 0.15) is 30.5 Å². The van der Waals surface area contributed by atoms with Crippen molar-refractivity contribution in [3.05, 3.63) is 65.2 Å². The first kappa shape index (κ1) is 21.4. The van der Waals surface area contributed by atoms with Gasteiger partial charge < -0.3 is 19.1 Å². The standard InChI is InChI=1S/C24H27NO5/c1-4-7-18-10-11-21(22(14-18)28-3)29-16-23(26)30-17(2)24(27)25-13-12-19-8-5-6-9-20(19)15-25/h4-11,14,17H,12-13,15-16H2,1-3H3/b7-4+/t17-/m0/s1. The Morgan fingerprint density at radius 2 is 1.90 bits per heavy atom. The van der Waals surface area contributed by atoms with Crippen molar-refractivity contribution in [1.82, 2.24) is 4.90 Å². The maximum atomic E-state index is 12.7. The molecular weight excluding hydrogens is 382 g/mol. The molecule has 158 valence electrons. The van der Waals surface area contributed by atoms with Gasteiger partial charge in [0.25, 0.3) is 5.91 Å². The van der Waals surface area contributed by atoms with Crippen LogP contribution < -0.4 is 9.47 Å². The smallest absolute Gasteiger partial charge is 0.344 e. The molecule has 3 rings (SSSR count). The number of fused-ring (bicyclic) bond motifs is 1. The third-order valence-corrected chi connectivity index (χ3v) is 4.99. The molecule has 1 amide bonds. The number of amides is 1. The van der Waals surface area contributed by atoms with Crippen LogP contribution in [0, 0.1) is 0 Å². The normalized spacial score (nSPS) is 14.2. The summed E-state index contributed by atoms with van der Waals surface area (Å²) in [5.41, 5.74) is 3.35. The molecule has 0 radical (unpaired) electrons. The number of nitrogens with zero attached hydrogens (tertiary/aromatic N) is 1. The van der Waals surface area contributed by atoms with Crippen LogP contribution >= 0.6 is 0 Å². The van der Waals surface area contributed by atoms with E-state index < -0.39 is 12.1 Å². The first-order valence-corrected chi connectivity index (χ1v) is 10.0. The van der Waals surface area contributed by atoms with Gasteiger partial charge in [-0.05, 0) is 49.1 Å². The second kappa shape index (κ2) is 9.96. The topological polar surface area (TPSA) is 65.1 Å². The summed E-state index contributed by atoms with van der Waals surface area (Å²) in [6.45, 7) is 4.36. The van der Waals surface area contributed by atoms with Crippen LogP contribution in [0.5, 0.6) is 11.5 Å². The van der Waals surface area contributed by atoms with E-state index in [9.17, 15) is 9.59 Å². The number of allylic oxidation sites excluding steroid dienone is 1. The number of methoxy groups -OCH3 is 1. The molecule has 0 fully saturated rings. The summed E-state index contributed by atoms with van der Waals surface area (Å²) in [5, 5.41) is 0. The number of rotatable bonds is 7. The minimum Gasteiger partial charge on any atom is -0.493 e. The summed E-state index contributed by atoms with van der Waals surface area (Å²) in [7, 11) is 1.54. The molecule has 1 atom stereocenters. The molecule has 2 aromatic carbocycles. The Hall–Kier alpha value is -3.28. The first-order chi connectivity index (χ1) is 14.5. The van der Waals surface area contributed by atoms with Crippen molar-refractivity contribution in [3.8, 4) is 11.5 Å². The maximum Gasteiger partial charge on any atom is 0.344 e. The lowest BCUT2D eigenvalue weighted by Crippen LogP contribution is -2.43. The molecule has 1 heterocycles. The number of carbonyl (C=O) groups excluding carboxylic acids is 2. The van der Waals surface area contributed by atoms with Crippen molar-refractivity contribution in [2.24, 2.45) is 0 Å². The number of benzene rings is 2. The summed E-state index contributed by atoms with van der Waals surface area (Å²) in [6.07, 6.45) is 3.79. The zero-order valence-electron chi connectivity index (χ0n) is 17.6. The van der Waals surface area contributed by atoms with Gasteiger partial charge in [-0.15, -0.1) is 0 Å². The molecule has 30 heavy (non-hydrogen) atoms. The highest BCUT2D eigenvalue weighted by atomic mass is 16.6. The lowest BCUT2D eigenvalue weighted by molar-refractivity contribution is -0.161. The fourth-order valence-corrected chi connectivity index (χ4v) is 3.46. The van der Waals surface area contributed by atoms with Crippen molar-refractivity contribution in [1.29, 1.82) is 0 Å². The maximum absolute atomic E-state index is 12.7. The highest BCUT2D eigenvalue weighted by Crippen LogP contribution is 2.28. The largest absolute Gasteiger partial charge is 0.493 e. The number of esters is 1. The second-order valence-electron chi connectivity index (χ2n) is 7.11. The van der Waals surface area contributed by atoms with Gasteiger partial charge in [-0.3, -0.25) is 4.79 Å². The molecule has 0 aliphatic carbocycles. The van der Waals surface area contributed by atoms with Gasteiger partial charge in [0.15, 0.2) is 24.2 Å². The molecule has 0 unspecified atom stereocenters. The summed E-state index contributed by atoms with van der Waals surface area (Å²) < 4.78 is 16.2. The summed E-state index contributed by atoms with van der Waals surface area (Å²) >= 11 is 0. The fourth-order valence-electron chi connectivity index (χ4n) is 3.46. The van der Waals surface area contributed by atoms with Gasteiger partial charge in [0.05, 0.1) is 7.11 Å². The van der Waals surface area contributed by atoms with Gasteiger partial charge in [-0.25, -0.2) is 4.79 Å². The van der Waals surface area contributed by atoms with Crippen molar-refractivity contribution >= 4 is 18.0 Å². The average molecular weight is 409 g/mol. The van der Waals surface area contributed by atoms with E-state index in [1.807, 2.05) is 49.4 Å². The molecule has 1 aliphatic rings. The van der Waals surface area contributed by atoms with E-state index in [4.69, 9.17) is 14.2 Å². The highest BCUT2D eigenvalue weighted by Gasteiger charge is 2.27. The zero-order valence-corrected chi connectivity index (χ0v) is 17.6. The van der Waals surface area contributed by atoms with Crippen LogP contribution in [0.3, 0.4) is 0 Å². The first-order valence-electron chi connectivity index (χ1n) is 10.0. The summed E-state index contributed by atoms with van der Waals surface area (Å²) in [6, 6.07) is 13.5. The molecule has 6 nitrogen and oxygen atoms in total. The quantitative estimate of drug-likeness (QED) is 0.654. The van der Waals surface area contributed by atoms with Crippen molar-refractivity contribution < 1.29 is 23.8 Å². The molecular formula is C24H27NO5. The van der Waals surface area contributed by atoms with E-state index in [2.05, 4.69) is 6.07 Å². The number of hydrogen-bond acceptors (Lipinski definition) is 5. The molecule has 0 N–H and O–H groups in total. The van der Waals surface area contributed by atoms with E-state index >= 15 is 0 Å². The van der Waals surface area contributed by atoms with E-state index in [1.165, 1.54) is 12.7 Å². The molecule has 0 aromatic heterocycles. The number of carbonyl (C=O) groups is 2. The van der Waals surface area contributed by atoms with Crippen LogP contribution in [0.2, 0.25) is 0 Å². The van der Waals surface area contributed by atoms with Crippen molar-refractivity contribution in [2.75, 3.05) is 20.3 Å². The third-order valence-electron chi connectivity index (χ3n) is 4.99. The van der Waals surface area contributed by atoms with Crippen molar-refractivity contribution in [2.45, 2.75) is 32.9 Å². The van der Waals surface area contributed by atoms with Crippen LogP contribution in [0.4, 0.5) is 0 Å². The molecule has 0 spiro atoms. The monoisotopic (exact) mass is 409 g/mol. The fraction of sp³-hybridized carbons (Fsp3) is 0.333. The Balaban J connectivity index is 1.53. The summed E-state index contributed by atoms with van der Waals surface area (Å²) in [4.78, 5) is 26.6. The van der Waals surface area contributed by atoms with E-state index in [0.29, 0.717) is 24.6 Å². The predicted octanol–water partition coefficient (Wildman–Crippen LogP) is 3.62. The van der Waals surface area contributed by atoms with E-state index in [1.54, 1.807) is 17.9 Å². The Morgan fingerprint density at radius 3 is 2.63 bits per heavy atom. The Morgan fingerprint density at radius 1 is 1.13 bits per heavy atom. The molecule has 0 bridgehead atoms. The minimum absolute atomic E-state index is 0.203.